The van der Waals surface area contributed by atoms with E-state index in [0.29, 0.717) is 6.61 Å². The van der Waals surface area contributed by atoms with Crippen LogP contribution >= 0.6 is 0 Å². The molecule has 0 saturated carbocycles. The lowest BCUT2D eigenvalue weighted by molar-refractivity contribution is -0.139. The second-order valence-corrected chi connectivity index (χ2v) is 8.27. The molecule has 0 radical (unpaired) electrons. The second kappa shape index (κ2) is 3.41. The van der Waals surface area contributed by atoms with Crippen LogP contribution < -0.4 is 0 Å². The fourth-order valence-electron chi connectivity index (χ4n) is 0.835. The van der Waals surface area contributed by atoms with Crippen LogP contribution in [-0.2, 0) is 14.0 Å². The average molecular weight is 186 g/mol. The van der Waals surface area contributed by atoms with Crippen molar-refractivity contribution in [2.24, 2.45) is 0 Å². The molecular formula is C8H14O3Si. The maximum Gasteiger partial charge on any atom is 0.331 e. The molecule has 0 spiro atoms. The molecule has 68 valence electrons. The molecule has 0 aromatic rings. The summed E-state index contributed by atoms with van der Waals surface area (Å²) in [6, 6.07) is 0. The molecule has 1 aliphatic heterocycles. The Hall–Kier alpha value is -0.613. The minimum atomic E-state index is -1.47. The quantitative estimate of drug-likeness (QED) is 0.492. The highest BCUT2D eigenvalue weighted by Crippen LogP contribution is 2.09. The van der Waals surface area contributed by atoms with E-state index in [1.807, 2.05) is 0 Å². The van der Waals surface area contributed by atoms with Crippen LogP contribution in [0.4, 0.5) is 0 Å². The van der Waals surface area contributed by atoms with Gasteiger partial charge < -0.3 is 9.16 Å². The first-order valence-electron chi connectivity index (χ1n) is 4.00. The van der Waals surface area contributed by atoms with Gasteiger partial charge in [-0.3, -0.25) is 0 Å². The van der Waals surface area contributed by atoms with Gasteiger partial charge in [0.15, 0.2) is 8.32 Å². The van der Waals surface area contributed by atoms with Crippen molar-refractivity contribution in [3.63, 3.8) is 0 Å². The third kappa shape index (κ3) is 3.19. The molecule has 4 heteroatoms. The Kier molecular flexibility index (Phi) is 2.69. The number of hydrogen-bond acceptors (Lipinski definition) is 3. The topological polar surface area (TPSA) is 35.5 Å². The van der Waals surface area contributed by atoms with Crippen molar-refractivity contribution in [2.45, 2.75) is 25.7 Å². The maximum atomic E-state index is 10.6. The van der Waals surface area contributed by atoms with Crippen molar-refractivity contribution in [2.75, 3.05) is 6.61 Å². The maximum absolute atomic E-state index is 10.6. The molecule has 1 rings (SSSR count). The van der Waals surface area contributed by atoms with E-state index >= 15 is 0 Å². The van der Waals surface area contributed by atoms with Crippen molar-refractivity contribution in [1.82, 2.24) is 0 Å². The number of esters is 1. The van der Waals surface area contributed by atoms with E-state index in [2.05, 4.69) is 19.6 Å². The minimum absolute atomic E-state index is 0.163. The van der Waals surface area contributed by atoms with Gasteiger partial charge in [-0.1, -0.05) is 0 Å². The Morgan fingerprint density at radius 2 is 2.25 bits per heavy atom. The largest absolute Gasteiger partial charge is 0.453 e. The Labute approximate surface area is 73.5 Å². The molecule has 12 heavy (non-hydrogen) atoms. The molecule has 0 saturated heterocycles. The van der Waals surface area contributed by atoms with E-state index in [9.17, 15) is 4.79 Å². The average Bonchev–Trinajstić information content (AvgIpc) is 2.30. The van der Waals surface area contributed by atoms with Crippen LogP contribution in [0.15, 0.2) is 12.2 Å². The highest BCUT2D eigenvalue weighted by atomic mass is 28.4. The van der Waals surface area contributed by atoms with Crippen molar-refractivity contribution in [1.29, 1.82) is 0 Å². The standard InChI is InChI=1S/C8H14O3Si/c1-12(2,3)10-6-7-4-5-8(9)11-7/h4-5,7H,6H2,1-3H3. The van der Waals surface area contributed by atoms with Gasteiger partial charge in [0, 0.05) is 6.08 Å². The molecule has 1 atom stereocenters. The SMILES string of the molecule is C[Si](C)(C)OCC1C=CC(=O)O1. The van der Waals surface area contributed by atoms with Crippen LogP contribution in [-0.4, -0.2) is 27.0 Å². The number of ether oxygens (including phenoxy) is 1. The highest BCUT2D eigenvalue weighted by Gasteiger charge is 2.21. The normalized spacial score (nSPS) is 22.9. The molecule has 1 unspecified atom stereocenters. The lowest BCUT2D eigenvalue weighted by Gasteiger charge is -2.19. The van der Waals surface area contributed by atoms with Crippen molar-refractivity contribution in [3.8, 4) is 0 Å². The van der Waals surface area contributed by atoms with Crippen LogP contribution in [0.5, 0.6) is 0 Å². The second-order valence-electron chi connectivity index (χ2n) is 3.76. The summed E-state index contributed by atoms with van der Waals surface area (Å²) in [6.45, 7) is 6.81. The van der Waals surface area contributed by atoms with Crippen LogP contribution in [0.2, 0.25) is 19.6 Å². The number of carbonyl (C=O) groups excluding carboxylic acids is 1. The Morgan fingerprint density at radius 1 is 1.58 bits per heavy atom. The third-order valence-electron chi connectivity index (χ3n) is 1.40. The zero-order valence-electron chi connectivity index (χ0n) is 7.66. The fourth-order valence-corrected chi connectivity index (χ4v) is 1.50. The molecule has 1 aliphatic rings. The summed E-state index contributed by atoms with van der Waals surface area (Å²) >= 11 is 0. The zero-order chi connectivity index (χ0) is 9.19. The summed E-state index contributed by atoms with van der Waals surface area (Å²) in [5.74, 6) is -0.265. The zero-order valence-corrected chi connectivity index (χ0v) is 8.66. The van der Waals surface area contributed by atoms with Gasteiger partial charge in [0.2, 0.25) is 0 Å². The van der Waals surface area contributed by atoms with Gasteiger partial charge in [-0.25, -0.2) is 4.79 Å². The Morgan fingerprint density at radius 3 is 2.67 bits per heavy atom. The molecule has 0 amide bonds. The van der Waals surface area contributed by atoms with E-state index in [4.69, 9.17) is 9.16 Å². The lowest BCUT2D eigenvalue weighted by Crippen LogP contribution is -2.30. The summed E-state index contributed by atoms with van der Waals surface area (Å²) in [6.07, 6.45) is 3.02. The smallest absolute Gasteiger partial charge is 0.331 e. The van der Waals surface area contributed by atoms with Crippen LogP contribution in [0.1, 0.15) is 0 Å². The van der Waals surface area contributed by atoms with Gasteiger partial charge in [0.05, 0.1) is 6.61 Å². The first-order valence-corrected chi connectivity index (χ1v) is 7.41. The minimum Gasteiger partial charge on any atom is -0.453 e. The summed E-state index contributed by atoms with van der Waals surface area (Å²) in [5, 5.41) is 0. The molecule has 0 aromatic carbocycles. The molecule has 0 fully saturated rings. The van der Waals surface area contributed by atoms with Crippen LogP contribution in [0.3, 0.4) is 0 Å². The number of hydrogen-bond donors (Lipinski definition) is 0. The number of rotatable bonds is 3. The molecule has 3 nitrogen and oxygen atoms in total. The molecule has 1 heterocycles. The molecule has 0 aromatic heterocycles. The van der Waals surface area contributed by atoms with Crippen molar-refractivity contribution >= 4 is 14.3 Å². The van der Waals surface area contributed by atoms with Gasteiger partial charge in [-0.2, -0.15) is 0 Å². The van der Waals surface area contributed by atoms with Crippen molar-refractivity contribution in [3.05, 3.63) is 12.2 Å². The third-order valence-corrected chi connectivity index (χ3v) is 2.43. The summed E-state index contributed by atoms with van der Waals surface area (Å²) in [7, 11) is -1.47. The van der Waals surface area contributed by atoms with Gasteiger partial charge >= 0.3 is 5.97 Å². The van der Waals surface area contributed by atoms with Gasteiger partial charge in [-0.15, -0.1) is 0 Å². The first kappa shape index (κ1) is 9.47. The van der Waals surface area contributed by atoms with Gasteiger partial charge in [0.25, 0.3) is 0 Å². The van der Waals surface area contributed by atoms with E-state index in [1.54, 1.807) is 6.08 Å². The summed E-state index contributed by atoms with van der Waals surface area (Å²) in [4.78, 5) is 10.6. The predicted octanol–water partition coefficient (Wildman–Crippen LogP) is 1.32. The predicted molar refractivity (Wildman–Crippen MR) is 48.3 cm³/mol. The monoisotopic (exact) mass is 186 g/mol. The first-order chi connectivity index (χ1) is 5.47. The Bertz CT molecular complexity index is 205. The van der Waals surface area contributed by atoms with E-state index in [0.717, 1.165) is 0 Å². The van der Waals surface area contributed by atoms with Crippen LogP contribution in [0.25, 0.3) is 0 Å². The number of cyclic esters (lactones) is 1. The molecule has 0 N–H and O–H groups in total. The van der Waals surface area contributed by atoms with Crippen molar-refractivity contribution < 1.29 is 14.0 Å². The lowest BCUT2D eigenvalue weighted by atomic mass is 10.4. The summed E-state index contributed by atoms with van der Waals surface area (Å²) < 4.78 is 10.5. The van der Waals surface area contributed by atoms with E-state index in [-0.39, 0.29) is 12.1 Å². The molecule has 0 bridgehead atoms. The van der Waals surface area contributed by atoms with Crippen LogP contribution in [0, 0.1) is 0 Å². The molecular weight excluding hydrogens is 172 g/mol. The highest BCUT2D eigenvalue weighted by molar-refractivity contribution is 6.69. The van der Waals surface area contributed by atoms with Gasteiger partial charge in [-0.05, 0) is 25.7 Å². The fraction of sp³-hybridized carbons (Fsp3) is 0.625. The molecule has 0 aliphatic carbocycles. The van der Waals surface area contributed by atoms with E-state index in [1.165, 1.54) is 6.08 Å². The van der Waals surface area contributed by atoms with Gasteiger partial charge in [0.1, 0.15) is 6.10 Å². The van der Waals surface area contributed by atoms with E-state index < -0.39 is 8.32 Å². The number of carbonyl (C=O) groups is 1. The summed E-state index contributed by atoms with van der Waals surface area (Å²) in [5.41, 5.74) is 0. The Balaban J connectivity index is 2.26.